The van der Waals surface area contributed by atoms with E-state index in [-0.39, 0.29) is 11.2 Å². The molecule has 2 aromatic rings. The minimum Gasteiger partial charge on any atom is -0.325 e. The molecule has 1 aromatic carbocycles. The number of thioether (sulfide) groups is 1. The third-order valence-electron chi connectivity index (χ3n) is 2.72. The highest BCUT2D eigenvalue weighted by Crippen LogP contribution is 2.22. The zero-order valence-electron chi connectivity index (χ0n) is 12.1. The van der Waals surface area contributed by atoms with Gasteiger partial charge in [-0.2, -0.15) is 0 Å². The number of halogens is 1. The number of aryl methyl sites for hydroxylation is 2. The SMILES string of the molecule is Cc1cc(C)nc(S[C@@H](C)C(=O)Nc2ccc(Br)cc2)n1. The Bertz CT molecular complexity index is 626. The van der Waals surface area contributed by atoms with Crippen LogP contribution in [0.5, 0.6) is 0 Å². The number of hydrogen-bond acceptors (Lipinski definition) is 4. The van der Waals surface area contributed by atoms with E-state index in [4.69, 9.17) is 0 Å². The Labute approximate surface area is 136 Å². The van der Waals surface area contributed by atoms with Gasteiger partial charge in [0.2, 0.25) is 5.91 Å². The topological polar surface area (TPSA) is 54.9 Å². The molecule has 1 N–H and O–H groups in total. The van der Waals surface area contributed by atoms with Crippen molar-refractivity contribution in [1.82, 2.24) is 9.97 Å². The van der Waals surface area contributed by atoms with E-state index in [9.17, 15) is 4.79 Å². The van der Waals surface area contributed by atoms with Crippen molar-refractivity contribution in [3.63, 3.8) is 0 Å². The maximum absolute atomic E-state index is 12.2. The van der Waals surface area contributed by atoms with Gasteiger partial charge in [-0.25, -0.2) is 9.97 Å². The Hall–Kier alpha value is -1.40. The second-order valence-electron chi connectivity index (χ2n) is 4.69. The average Bonchev–Trinajstić information content (AvgIpc) is 2.40. The number of amides is 1. The molecule has 0 aliphatic heterocycles. The first-order valence-electron chi connectivity index (χ1n) is 6.49. The summed E-state index contributed by atoms with van der Waals surface area (Å²) < 4.78 is 0.978. The van der Waals surface area contributed by atoms with Crippen molar-refractivity contribution < 1.29 is 4.79 Å². The molecule has 0 unspecified atom stereocenters. The maximum atomic E-state index is 12.2. The number of nitrogens with one attached hydrogen (secondary N) is 1. The lowest BCUT2D eigenvalue weighted by atomic mass is 10.3. The van der Waals surface area contributed by atoms with Gasteiger partial charge < -0.3 is 5.32 Å². The molecule has 0 bridgehead atoms. The molecule has 0 saturated heterocycles. The fraction of sp³-hybridized carbons (Fsp3) is 0.267. The van der Waals surface area contributed by atoms with Crippen LogP contribution in [0.4, 0.5) is 5.69 Å². The maximum Gasteiger partial charge on any atom is 0.237 e. The third-order valence-corrected chi connectivity index (χ3v) is 4.21. The molecule has 0 aliphatic carbocycles. The van der Waals surface area contributed by atoms with Gasteiger partial charge in [0.1, 0.15) is 0 Å². The van der Waals surface area contributed by atoms with E-state index in [2.05, 4.69) is 31.2 Å². The normalized spacial score (nSPS) is 12.0. The van der Waals surface area contributed by atoms with Crippen LogP contribution in [-0.2, 0) is 4.79 Å². The molecule has 0 fully saturated rings. The van der Waals surface area contributed by atoms with Crippen LogP contribution in [0.25, 0.3) is 0 Å². The number of aromatic nitrogens is 2. The summed E-state index contributed by atoms with van der Waals surface area (Å²) in [5, 5.41) is 3.24. The number of carbonyl (C=O) groups excluding carboxylic acids is 1. The van der Waals surface area contributed by atoms with Crippen LogP contribution in [0.2, 0.25) is 0 Å². The molecule has 110 valence electrons. The van der Waals surface area contributed by atoms with Crippen molar-refractivity contribution in [3.05, 3.63) is 46.2 Å². The Balaban J connectivity index is 2.00. The van der Waals surface area contributed by atoms with Crippen molar-refractivity contribution >= 4 is 39.3 Å². The fourth-order valence-electron chi connectivity index (χ4n) is 1.74. The number of rotatable bonds is 4. The van der Waals surface area contributed by atoms with Crippen molar-refractivity contribution in [3.8, 4) is 0 Å². The summed E-state index contributed by atoms with van der Waals surface area (Å²) in [5.74, 6) is -0.0647. The molecule has 6 heteroatoms. The van der Waals surface area contributed by atoms with Gasteiger partial charge in [-0.1, -0.05) is 27.7 Å². The van der Waals surface area contributed by atoms with E-state index in [1.807, 2.05) is 51.1 Å². The lowest BCUT2D eigenvalue weighted by Crippen LogP contribution is -2.22. The number of benzene rings is 1. The molecule has 0 spiro atoms. The van der Waals surface area contributed by atoms with Gasteiger partial charge >= 0.3 is 0 Å². The summed E-state index contributed by atoms with van der Waals surface area (Å²) in [5.41, 5.74) is 2.59. The minimum atomic E-state index is -0.269. The first-order chi connectivity index (χ1) is 9.94. The van der Waals surface area contributed by atoms with Crippen LogP contribution in [0.1, 0.15) is 18.3 Å². The van der Waals surface area contributed by atoms with Crippen molar-refractivity contribution in [1.29, 1.82) is 0 Å². The monoisotopic (exact) mass is 365 g/mol. The lowest BCUT2D eigenvalue weighted by Gasteiger charge is -2.11. The fourth-order valence-corrected chi connectivity index (χ4v) is 2.87. The average molecular weight is 366 g/mol. The van der Waals surface area contributed by atoms with E-state index in [0.717, 1.165) is 21.5 Å². The molecule has 2 rings (SSSR count). The number of anilines is 1. The number of hydrogen-bond donors (Lipinski definition) is 1. The lowest BCUT2D eigenvalue weighted by molar-refractivity contribution is -0.115. The van der Waals surface area contributed by atoms with Gasteiger partial charge in [0.15, 0.2) is 5.16 Å². The quantitative estimate of drug-likeness (QED) is 0.657. The molecule has 1 amide bonds. The van der Waals surface area contributed by atoms with Crippen LogP contribution in [0.15, 0.2) is 40.0 Å². The third kappa shape index (κ3) is 4.82. The van der Waals surface area contributed by atoms with Crippen LogP contribution in [-0.4, -0.2) is 21.1 Å². The highest BCUT2D eigenvalue weighted by molar-refractivity contribution is 9.10. The Morgan fingerprint density at radius 3 is 2.33 bits per heavy atom. The van der Waals surface area contributed by atoms with E-state index < -0.39 is 0 Å². The molecule has 1 atom stereocenters. The van der Waals surface area contributed by atoms with Crippen LogP contribution in [0.3, 0.4) is 0 Å². The molecule has 4 nitrogen and oxygen atoms in total. The largest absolute Gasteiger partial charge is 0.325 e. The molecule has 0 saturated carbocycles. The second-order valence-corrected chi connectivity index (χ2v) is 6.91. The standard InChI is InChI=1S/C15H16BrN3OS/c1-9-8-10(2)18-15(17-9)21-11(3)14(20)19-13-6-4-12(16)5-7-13/h4-8,11H,1-3H3,(H,19,20)/t11-/m0/s1. The van der Waals surface area contributed by atoms with Gasteiger partial charge in [0, 0.05) is 21.5 Å². The summed E-state index contributed by atoms with van der Waals surface area (Å²) in [7, 11) is 0. The first kappa shape index (κ1) is 16.0. The summed E-state index contributed by atoms with van der Waals surface area (Å²) in [6.45, 7) is 5.69. The molecule has 0 radical (unpaired) electrons. The molecular formula is C15H16BrN3OS. The van der Waals surface area contributed by atoms with E-state index >= 15 is 0 Å². The van der Waals surface area contributed by atoms with Crippen LogP contribution in [0, 0.1) is 13.8 Å². The van der Waals surface area contributed by atoms with Gasteiger partial charge in [-0.15, -0.1) is 0 Å². The predicted octanol–water partition coefficient (Wildman–Crippen LogP) is 3.98. The van der Waals surface area contributed by atoms with Crippen LogP contribution >= 0.6 is 27.7 Å². The molecule has 1 aromatic heterocycles. The first-order valence-corrected chi connectivity index (χ1v) is 8.16. The summed E-state index contributed by atoms with van der Waals surface area (Å²) >= 11 is 4.72. The van der Waals surface area contributed by atoms with E-state index in [0.29, 0.717) is 5.16 Å². The predicted molar refractivity (Wildman–Crippen MR) is 89.6 cm³/mol. The molecule has 0 aliphatic rings. The van der Waals surface area contributed by atoms with Crippen molar-refractivity contribution in [2.75, 3.05) is 5.32 Å². The zero-order valence-corrected chi connectivity index (χ0v) is 14.5. The highest BCUT2D eigenvalue weighted by Gasteiger charge is 2.16. The summed E-state index contributed by atoms with van der Waals surface area (Å²) in [6, 6.07) is 9.40. The Kier molecular flexibility index (Phi) is 5.36. The van der Waals surface area contributed by atoms with Gasteiger partial charge in [-0.3, -0.25) is 4.79 Å². The van der Waals surface area contributed by atoms with Gasteiger partial charge in [0.25, 0.3) is 0 Å². The van der Waals surface area contributed by atoms with Gasteiger partial charge in [0.05, 0.1) is 5.25 Å². The molecule has 21 heavy (non-hydrogen) atoms. The number of carbonyl (C=O) groups is 1. The molecular weight excluding hydrogens is 350 g/mol. The van der Waals surface area contributed by atoms with E-state index in [1.54, 1.807) is 0 Å². The van der Waals surface area contributed by atoms with Crippen LogP contribution < -0.4 is 5.32 Å². The number of nitrogens with zero attached hydrogens (tertiary/aromatic N) is 2. The second kappa shape index (κ2) is 7.04. The van der Waals surface area contributed by atoms with Gasteiger partial charge in [-0.05, 0) is 51.1 Å². The van der Waals surface area contributed by atoms with Crippen molar-refractivity contribution in [2.45, 2.75) is 31.2 Å². The Morgan fingerprint density at radius 1 is 1.19 bits per heavy atom. The smallest absolute Gasteiger partial charge is 0.237 e. The van der Waals surface area contributed by atoms with E-state index in [1.165, 1.54) is 11.8 Å². The van der Waals surface area contributed by atoms with Crippen molar-refractivity contribution in [2.24, 2.45) is 0 Å². The minimum absolute atomic E-state index is 0.0647. The molecule has 1 heterocycles. The summed E-state index contributed by atoms with van der Waals surface area (Å²) in [4.78, 5) is 20.9. The highest BCUT2D eigenvalue weighted by atomic mass is 79.9. The zero-order chi connectivity index (χ0) is 15.4. The summed E-state index contributed by atoms with van der Waals surface area (Å²) in [6.07, 6.45) is 0. The Morgan fingerprint density at radius 2 is 1.76 bits per heavy atom.